The molecular weight excluding hydrogens is 486 g/mol. The molecule has 2 aromatic carbocycles. The number of hydrogen-bond donors (Lipinski definition) is 4. The van der Waals surface area contributed by atoms with Crippen LogP contribution in [0.5, 0.6) is 5.75 Å². The van der Waals surface area contributed by atoms with E-state index in [1.807, 2.05) is 0 Å². The molecule has 0 fully saturated rings. The van der Waals surface area contributed by atoms with Crippen molar-refractivity contribution in [2.45, 2.75) is 0 Å². The molecule has 0 saturated heterocycles. The second-order valence-electron chi connectivity index (χ2n) is 6.04. The van der Waals surface area contributed by atoms with Crippen molar-refractivity contribution in [3.63, 3.8) is 0 Å². The third kappa shape index (κ3) is 5.26. The average molecular weight is 502 g/mol. The molecule has 0 bridgehead atoms. The number of aromatic nitrogens is 2. The minimum Gasteiger partial charge on any atom is -0.497 e. The molecular formula is C19H16BrN7O5. The van der Waals surface area contributed by atoms with Crippen LogP contribution >= 0.6 is 15.9 Å². The first-order valence-electron chi connectivity index (χ1n) is 8.91. The fourth-order valence-corrected chi connectivity index (χ4v) is 2.96. The first kappa shape index (κ1) is 22.4. The predicted molar refractivity (Wildman–Crippen MR) is 118 cm³/mol. The molecule has 0 aliphatic carbocycles. The van der Waals surface area contributed by atoms with Crippen LogP contribution in [0.25, 0.3) is 0 Å². The van der Waals surface area contributed by atoms with Gasteiger partial charge in [-0.25, -0.2) is 9.97 Å². The lowest BCUT2D eigenvalue weighted by Gasteiger charge is -2.12. The van der Waals surface area contributed by atoms with E-state index >= 15 is 0 Å². The van der Waals surface area contributed by atoms with Crippen LogP contribution in [0.4, 0.5) is 17.3 Å². The highest BCUT2D eigenvalue weighted by Gasteiger charge is 2.24. The number of amides is 2. The normalized spacial score (nSPS) is 10.1. The van der Waals surface area contributed by atoms with Crippen LogP contribution < -0.4 is 26.4 Å². The summed E-state index contributed by atoms with van der Waals surface area (Å²) in [6.45, 7) is 0. The first-order valence-corrected chi connectivity index (χ1v) is 9.70. The number of nitro groups is 1. The van der Waals surface area contributed by atoms with E-state index in [9.17, 15) is 19.7 Å². The molecule has 0 saturated carbocycles. The number of rotatable bonds is 8. The van der Waals surface area contributed by atoms with E-state index in [0.717, 1.165) is 6.33 Å². The maximum atomic E-state index is 12.3. The average Bonchev–Trinajstić information content (AvgIpc) is 2.81. The van der Waals surface area contributed by atoms with Crippen molar-refractivity contribution < 1.29 is 19.2 Å². The Morgan fingerprint density at radius 2 is 1.56 bits per heavy atom. The summed E-state index contributed by atoms with van der Waals surface area (Å²) in [6.07, 6.45) is 1.03. The number of ether oxygens (including phenoxy) is 1. The van der Waals surface area contributed by atoms with Crippen LogP contribution in [0.3, 0.4) is 0 Å². The van der Waals surface area contributed by atoms with E-state index < -0.39 is 22.4 Å². The Balaban J connectivity index is 1.72. The van der Waals surface area contributed by atoms with Gasteiger partial charge in [0.25, 0.3) is 11.8 Å². The molecule has 0 aliphatic heterocycles. The van der Waals surface area contributed by atoms with Crippen LogP contribution in [0.1, 0.15) is 20.7 Å². The van der Waals surface area contributed by atoms with Gasteiger partial charge in [0.05, 0.1) is 17.6 Å². The molecule has 2 amide bonds. The molecule has 0 aliphatic rings. The summed E-state index contributed by atoms with van der Waals surface area (Å²) < 4.78 is 5.57. The molecule has 164 valence electrons. The van der Waals surface area contributed by atoms with E-state index in [-0.39, 0.29) is 17.2 Å². The summed E-state index contributed by atoms with van der Waals surface area (Å²) >= 11 is 3.25. The first-order chi connectivity index (χ1) is 15.4. The largest absolute Gasteiger partial charge is 0.497 e. The van der Waals surface area contributed by atoms with Gasteiger partial charge in [-0.2, -0.15) is 0 Å². The van der Waals surface area contributed by atoms with Crippen molar-refractivity contribution in [3.8, 4) is 5.75 Å². The van der Waals surface area contributed by atoms with Crippen LogP contribution in [0.2, 0.25) is 0 Å². The number of benzene rings is 2. The number of nitrogens with one attached hydrogen (secondary N) is 4. The van der Waals surface area contributed by atoms with Gasteiger partial charge in [-0.1, -0.05) is 12.1 Å². The van der Waals surface area contributed by atoms with Gasteiger partial charge in [0.1, 0.15) is 12.1 Å². The van der Waals surface area contributed by atoms with Gasteiger partial charge in [0.15, 0.2) is 0 Å². The molecule has 0 spiro atoms. The number of hydrogen-bond acceptors (Lipinski definition) is 9. The van der Waals surface area contributed by atoms with Gasteiger partial charge in [-0.15, -0.1) is 0 Å². The van der Waals surface area contributed by atoms with Crippen LogP contribution in [0, 0.1) is 10.1 Å². The lowest BCUT2D eigenvalue weighted by molar-refractivity contribution is -0.383. The summed E-state index contributed by atoms with van der Waals surface area (Å²) in [5, 5.41) is 11.6. The number of anilines is 2. The highest BCUT2D eigenvalue weighted by atomic mass is 79.9. The molecule has 0 atom stereocenters. The van der Waals surface area contributed by atoms with E-state index in [1.54, 1.807) is 36.4 Å². The minimum absolute atomic E-state index is 0.286. The Kier molecular flexibility index (Phi) is 7.13. The van der Waals surface area contributed by atoms with E-state index in [0.29, 0.717) is 15.8 Å². The summed E-state index contributed by atoms with van der Waals surface area (Å²) in [4.78, 5) is 43.0. The van der Waals surface area contributed by atoms with E-state index in [4.69, 9.17) is 4.74 Å². The molecule has 32 heavy (non-hydrogen) atoms. The number of carbonyl (C=O) groups is 2. The molecule has 3 rings (SSSR count). The van der Waals surface area contributed by atoms with E-state index in [1.165, 1.54) is 19.2 Å². The second kappa shape index (κ2) is 10.2. The number of hydrazine groups is 2. The monoisotopic (exact) mass is 501 g/mol. The molecule has 1 heterocycles. The summed E-state index contributed by atoms with van der Waals surface area (Å²) in [7, 11) is 1.50. The number of halogens is 1. The Bertz CT molecular complexity index is 1160. The molecule has 1 aromatic heterocycles. The van der Waals surface area contributed by atoms with Crippen molar-refractivity contribution in [2.24, 2.45) is 0 Å². The molecule has 0 radical (unpaired) electrons. The molecule has 12 nitrogen and oxygen atoms in total. The highest BCUT2D eigenvalue weighted by molar-refractivity contribution is 9.10. The van der Waals surface area contributed by atoms with Gasteiger partial charge in [-0.3, -0.25) is 41.4 Å². The molecule has 0 unspecified atom stereocenters. The maximum absolute atomic E-state index is 12.3. The van der Waals surface area contributed by atoms with Crippen LogP contribution in [-0.4, -0.2) is 33.8 Å². The zero-order chi connectivity index (χ0) is 23.1. The van der Waals surface area contributed by atoms with Crippen molar-refractivity contribution in [1.82, 2.24) is 20.8 Å². The van der Waals surface area contributed by atoms with Crippen molar-refractivity contribution in [1.29, 1.82) is 0 Å². The number of methoxy groups -OCH3 is 1. The standard InChI is InChI=1S/C19H16BrN7O5/c1-32-12-8-6-11(7-9-12)18(28)25-23-16-15(27(30)31)17(22-10-21-16)24-26-19(29)13-4-2-3-5-14(13)20/h2-10H,1H3,(H,25,28)(H,26,29)(H2,21,22,23,24). The Hall–Kier alpha value is -4.26. The summed E-state index contributed by atoms with van der Waals surface area (Å²) in [5.74, 6) is -1.11. The van der Waals surface area contributed by atoms with Crippen LogP contribution in [0.15, 0.2) is 59.3 Å². The van der Waals surface area contributed by atoms with Crippen LogP contribution in [-0.2, 0) is 0 Å². The third-order valence-electron chi connectivity index (χ3n) is 4.06. The smallest absolute Gasteiger partial charge is 0.356 e. The summed E-state index contributed by atoms with van der Waals surface area (Å²) in [6, 6.07) is 12.9. The fraction of sp³-hybridized carbons (Fsp3) is 0.0526. The number of nitrogens with zero attached hydrogens (tertiary/aromatic N) is 3. The SMILES string of the molecule is COc1ccc(C(=O)NNc2ncnc(NNC(=O)c3ccccc3Br)c2[N+](=O)[O-])cc1. The topological polar surface area (TPSA) is 160 Å². The van der Waals surface area contributed by atoms with Gasteiger partial charge < -0.3 is 4.74 Å². The van der Waals surface area contributed by atoms with Gasteiger partial charge in [-0.05, 0) is 52.3 Å². The molecule has 4 N–H and O–H groups in total. The van der Waals surface area contributed by atoms with Crippen molar-refractivity contribution in [2.75, 3.05) is 18.0 Å². The highest BCUT2D eigenvalue weighted by Crippen LogP contribution is 2.28. The van der Waals surface area contributed by atoms with Gasteiger partial charge in [0.2, 0.25) is 11.6 Å². The van der Waals surface area contributed by atoms with Gasteiger partial charge >= 0.3 is 5.69 Å². The lowest BCUT2D eigenvalue weighted by Crippen LogP contribution is -2.32. The Morgan fingerprint density at radius 1 is 0.969 bits per heavy atom. The lowest BCUT2D eigenvalue weighted by atomic mass is 10.2. The Labute approximate surface area is 189 Å². The van der Waals surface area contributed by atoms with Crippen molar-refractivity contribution in [3.05, 3.63) is 80.6 Å². The second-order valence-corrected chi connectivity index (χ2v) is 6.90. The third-order valence-corrected chi connectivity index (χ3v) is 4.76. The zero-order valence-electron chi connectivity index (χ0n) is 16.5. The van der Waals surface area contributed by atoms with Crippen molar-refractivity contribution >= 4 is 45.1 Å². The Morgan fingerprint density at radius 3 is 2.12 bits per heavy atom. The maximum Gasteiger partial charge on any atom is 0.356 e. The number of carbonyl (C=O) groups excluding carboxylic acids is 2. The van der Waals surface area contributed by atoms with E-state index in [2.05, 4.69) is 47.6 Å². The zero-order valence-corrected chi connectivity index (χ0v) is 18.0. The molecule has 13 heteroatoms. The predicted octanol–water partition coefficient (Wildman–Crippen LogP) is 2.67. The summed E-state index contributed by atoms with van der Waals surface area (Å²) in [5.41, 5.74) is 9.49. The molecule has 3 aromatic rings. The fourth-order valence-electron chi connectivity index (χ4n) is 2.49. The minimum atomic E-state index is -0.755. The quantitative estimate of drug-likeness (QED) is 0.268. The van der Waals surface area contributed by atoms with Gasteiger partial charge in [0, 0.05) is 10.0 Å².